The van der Waals surface area contributed by atoms with Crippen molar-refractivity contribution < 1.29 is 13.2 Å². The van der Waals surface area contributed by atoms with Crippen molar-refractivity contribution in [2.45, 2.75) is 11.8 Å². The van der Waals surface area contributed by atoms with E-state index in [0.29, 0.717) is 11.1 Å². The number of hydrogen-bond acceptors (Lipinski definition) is 4. The highest BCUT2D eigenvalue weighted by molar-refractivity contribution is 7.91. The Hall–Kier alpha value is -2.67. The summed E-state index contributed by atoms with van der Waals surface area (Å²) in [5.74, 6) is -0.605. The topological polar surface area (TPSA) is 113 Å². The van der Waals surface area contributed by atoms with E-state index in [0.717, 1.165) is 11.8 Å². The average Bonchev–Trinajstić information content (AvgIpc) is 2.53. The fraction of sp³-hybridized carbons (Fsp3) is 0.176. The zero-order valence-corrected chi connectivity index (χ0v) is 14.0. The van der Waals surface area contributed by atoms with Crippen molar-refractivity contribution >= 4 is 21.6 Å². The number of carbonyl (C=O) groups is 1. The molecule has 4 N–H and O–H groups in total. The minimum atomic E-state index is -3.60. The molecule has 126 valence electrons. The molecule has 0 spiro atoms. The van der Waals surface area contributed by atoms with Crippen LogP contribution >= 0.6 is 0 Å². The molecule has 2 aromatic carbocycles. The van der Waals surface area contributed by atoms with Gasteiger partial charge in [0.05, 0.1) is 0 Å². The second-order valence-electron chi connectivity index (χ2n) is 5.45. The third-order valence-corrected chi connectivity index (χ3v) is 4.84. The molecule has 24 heavy (non-hydrogen) atoms. The van der Waals surface area contributed by atoms with Crippen LogP contribution in [0.25, 0.3) is 0 Å². The van der Waals surface area contributed by atoms with E-state index in [1.54, 1.807) is 54.6 Å². The van der Waals surface area contributed by atoms with Crippen LogP contribution in [0.4, 0.5) is 0 Å². The second-order valence-corrected chi connectivity index (χ2v) is 7.58. The molecule has 0 aliphatic carbocycles. The van der Waals surface area contributed by atoms with Crippen LogP contribution in [0.3, 0.4) is 0 Å². The largest absolute Gasteiger partial charge is 0.384 e. The molecule has 0 saturated carbocycles. The van der Waals surface area contributed by atoms with Gasteiger partial charge in [-0.15, -0.1) is 0 Å². The molecule has 0 heterocycles. The first kappa shape index (κ1) is 17.7. The van der Waals surface area contributed by atoms with Gasteiger partial charge >= 0.3 is 0 Å². The molecule has 7 heteroatoms. The summed E-state index contributed by atoms with van der Waals surface area (Å²) in [6.45, 7) is 0.190. The van der Waals surface area contributed by atoms with Crippen molar-refractivity contribution in [1.29, 1.82) is 5.41 Å². The lowest BCUT2D eigenvalue weighted by molar-refractivity contribution is -0.120. The van der Waals surface area contributed by atoms with Crippen molar-refractivity contribution in [3.05, 3.63) is 71.3 Å². The first-order valence-corrected chi connectivity index (χ1v) is 9.19. The molecule has 0 aliphatic rings. The van der Waals surface area contributed by atoms with Gasteiger partial charge in [0.2, 0.25) is 5.91 Å². The molecular weight excluding hydrogens is 326 g/mol. The van der Waals surface area contributed by atoms with Crippen LogP contribution in [0.1, 0.15) is 21.9 Å². The number of hydrogen-bond donors (Lipinski definition) is 3. The van der Waals surface area contributed by atoms with Crippen LogP contribution in [-0.2, 0) is 21.2 Å². The predicted octanol–water partition coefficient (Wildman–Crippen LogP) is 1.37. The van der Waals surface area contributed by atoms with Crippen molar-refractivity contribution in [1.82, 2.24) is 5.32 Å². The number of nitrogens with one attached hydrogen (secondary N) is 2. The first-order valence-electron chi connectivity index (χ1n) is 7.24. The number of amides is 1. The summed E-state index contributed by atoms with van der Waals surface area (Å²) in [6, 6.07) is 15.2. The molecule has 0 saturated heterocycles. The van der Waals surface area contributed by atoms with E-state index in [4.69, 9.17) is 11.1 Å². The Morgan fingerprint density at radius 2 is 1.71 bits per heavy atom. The van der Waals surface area contributed by atoms with Crippen LogP contribution in [0.2, 0.25) is 0 Å². The fourth-order valence-corrected chi connectivity index (χ4v) is 3.43. The fourth-order valence-electron chi connectivity index (χ4n) is 2.30. The van der Waals surface area contributed by atoms with Crippen molar-refractivity contribution in [3.63, 3.8) is 0 Å². The molecule has 6 nitrogen and oxygen atoms in total. The van der Waals surface area contributed by atoms with Crippen LogP contribution in [-0.4, -0.2) is 26.4 Å². The van der Waals surface area contributed by atoms with Crippen LogP contribution in [0.5, 0.6) is 0 Å². The minimum Gasteiger partial charge on any atom is -0.384 e. The Morgan fingerprint density at radius 3 is 2.21 bits per heavy atom. The minimum absolute atomic E-state index is 0.0354. The van der Waals surface area contributed by atoms with E-state index in [1.165, 1.54) is 0 Å². The van der Waals surface area contributed by atoms with Gasteiger partial charge < -0.3 is 11.1 Å². The predicted molar refractivity (Wildman–Crippen MR) is 93.3 cm³/mol. The summed E-state index contributed by atoms with van der Waals surface area (Å²) in [7, 11) is -3.60. The maximum Gasteiger partial charge on any atom is 0.243 e. The Kier molecular flexibility index (Phi) is 5.35. The molecular formula is C17H19N3O3S. The van der Waals surface area contributed by atoms with E-state index >= 15 is 0 Å². The van der Waals surface area contributed by atoms with E-state index < -0.39 is 21.0 Å². The van der Waals surface area contributed by atoms with Gasteiger partial charge in [-0.3, -0.25) is 10.2 Å². The smallest absolute Gasteiger partial charge is 0.243 e. The summed E-state index contributed by atoms with van der Waals surface area (Å²) >= 11 is 0. The van der Waals surface area contributed by atoms with Gasteiger partial charge in [-0.05, 0) is 11.1 Å². The molecule has 0 fully saturated rings. The SMILES string of the molecule is CS(=O)(=O)C(C(=O)NCc1ccc(C(=N)N)cc1)c1ccccc1. The van der Waals surface area contributed by atoms with E-state index in [1.807, 2.05) is 0 Å². The van der Waals surface area contributed by atoms with Crippen molar-refractivity contribution in [2.75, 3.05) is 6.26 Å². The highest BCUT2D eigenvalue weighted by atomic mass is 32.2. The second kappa shape index (κ2) is 7.27. The molecule has 0 radical (unpaired) electrons. The molecule has 1 atom stereocenters. The van der Waals surface area contributed by atoms with Crippen molar-refractivity contribution in [3.8, 4) is 0 Å². The number of sulfone groups is 1. The van der Waals surface area contributed by atoms with Gasteiger partial charge in [0.15, 0.2) is 15.1 Å². The third-order valence-electron chi connectivity index (χ3n) is 3.50. The summed E-state index contributed by atoms with van der Waals surface area (Å²) in [5.41, 5.74) is 7.19. The number of nitrogen functional groups attached to an aromatic ring is 1. The Morgan fingerprint density at radius 1 is 1.12 bits per heavy atom. The molecule has 2 aromatic rings. The van der Waals surface area contributed by atoms with Gasteiger partial charge in [0.25, 0.3) is 0 Å². The highest BCUT2D eigenvalue weighted by Gasteiger charge is 2.30. The molecule has 1 unspecified atom stereocenters. The third kappa shape index (κ3) is 4.42. The van der Waals surface area contributed by atoms with Gasteiger partial charge in [-0.1, -0.05) is 54.6 Å². The zero-order chi connectivity index (χ0) is 17.7. The molecule has 0 aliphatic heterocycles. The number of nitrogens with two attached hydrogens (primary N) is 1. The lowest BCUT2D eigenvalue weighted by atomic mass is 10.1. The Labute approximate surface area is 141 Å². The van der Waals surface area contributed by atoms with Crippen LogP contribution in [0.15, 0.2) is 54.6 Å². The number of amidine groups is 1. The normalized spacial score (nSPS) is 12.4. The zero-order valence-electron chi connectivity index (χ0n) is 13.2. The van der Waals surface area contributed by atoms with Gasteiger partial charge in [-0.2, -0.15) is 0 Å². The van der Waals surface area contributed by atoms with Crippen molar-refractivity contribution in [2.24, 2.45) is 5.73 Å². The van der Waals surface area contributed by atoms with Crippen LogP contribution < -0.4 is 11.1 Å². The lowest BCUT2D eigenvalue weighted by Crippen LogP contribution is -2.33. The van der Waals surface area contributed by atoms with E-state index in [9.17, 15) is 13.2 Å². The highest BCUT2D eigenvalue weighted by Crippen LogP contribution is 2.21. The standard InChI is InChI=1S/C17H19N3O3S/c1-24(22,23)15(13-5-3-2-4-6-13)17(21)20-11-12-7-9-14(10-8-12)16(18)19/h2-10,15H,11H2,1H3,(H3,18,19)(H,20,21). The number of benzene rings is 2. The van der Waals surface area contributed by atoms with E-state index in [2.05, 4.69) is 5.32 Å². The van der Waals surface area contributed by atoms with Crippen LogP contribution in [0, 0.1) is 5.41 Å². The summed E-state index contributed by atoms with van der Waals surface area (Å²) in [5, 5.41) is 8.75. The summed E-state index contributed by atoms with van der Waals surface area (Å²) in [6.07, 6.45) is 1.05. The summed E-state index contributed by atoms with van der Waals surface area (Å²) in [4.78, 5) is 12.4. The Balaban J connectivity index is 2.13. The summed E-state index contributed by atoms with van der Waals surface area (Å²) < 4.78 is 24.0. The molecule has 1 amide bonds. The maximum absolute atomic E-state index is 12.4. The molecule has 0 bridgehead atoms. The number of rotatable bonds is 6. The average molecular weight is 345 g/mol. The van der Waals surface area contributed by atoms with E-state index in [-0.39, 0.29) is 12.4 Å². The number of carbonyl (C=O) groups excluding carboxylic acids is 1. The van der Waals surface area contributed by atoms with Gasteiger partial charge in [0.1, 0.15) is 5.84 Å². The van der Waals surface area contributed by atoms with Gasteiger partial charge in [0, 0.05) is 18.4 Å². The maximum atomic E-state index is 12.4. The lowest BCUT2D eigenvalue weighted by Gasteiger charge is -2.15. The molecule has 2 rings (SSSR count). The molecule has 0 aromatic heterocycles. The quantitative estimate of drug-likeness (QED) is 0.542. The Bertz CT molecular complexity index is 831. The first-order chi connectivity index (χ1) is 11.3. The monoisotopic (exact) mass is 345 g/mol. The van der Waals surface area contributed by atoms with Gasteiger partial charge in [-0.25, -0.2) is 8.42 Å².